The smallest absolute Gasteiger partial charge is 0.0258 e. The third kappa shape index (κ3) is 2.37. The van der Waals surface area contributed by atoms with Crippen molar-refractivity contribution in [1.82, 2.24) is 0 Å². The SMILES string of the molecule is [C]([CH]c1cccc2ccccc12)c1cccc2ccccc12. The predicted octanol–water partition coefficient (Wildman–Crippen LogP) is 5.67. The molecule has 0 heterocycles. The average molecular weight is 279 g/mol. The Kier molecular flexibility index (Phi) is 3.36. The number of fused-ring (bicyclic) bond motifs is 2. The van der Waals surface area contributed by atoms with E-state index in [1.165, 1.54) is 27.1 Å². The quantitative estimate of drug-likeness (QED) is 0.453. The molecule has 3 radical (unpaired) electrons. The van der Waals surface area contributed by atoms with Crippen molar-refractivity contribution in [2.24, 2.45) is 0 Å². The largest absolute Gasteiger partial charge is 0.0616 e. The Bertz CT molecular complexity index is 845. The molecule has 0 aliphatic rings. The Morgan fingerprint density at radius 2 is 1.14 bits per heavy atom. The van der Waals surface area contributed by atoms with Gasteiger partial charge in [-0.15, -0.1) is 0 Å². The Hall–Kier alpha value is -2.60. The molecule has 4 aromatic carbocycles. The van der Waals surface area contributed by atoms with E-state index in [0.717, 1.165) is 5.56 Å². The van der Waals surface area contributed by atoms with E-state index in [-0.39, 0.29) is 0 Å². The van der Waals surface area contributed by atoms with Crippen molar-refractivity contribution >= 4 is 21.5 Å². The predicted molar refractivity (Wildman–Crippen MR) is 93.6 cm³/mol. The molecule has 0 unspecified atom stereocenters. The molecular weight excluding hydrogens is 264 g/mol. The molecule has 0 fully saturated rings. The van der Waals surface area contributed by atoms with Gasteiger partial charge >= 0.3 is 0 Å². The maximum atomic E-state index is 3.47. The highest BCUT2D eigenvalue weighted by atomic mass is 14.1. The zero-order valence-electron chi connectivity index (χ0n) is 12.2. The first-order valence-electron chi connectivity index (χ1n) is 7.47. The van der Waals surface area contributed by atoms with Gasteiger partial charge in [-0.3, -0.25) is 0 Å². The van der Waals surface area contributed by atoms with Gasteiger partial charge in [-0.1, -0.05) is 84.9 Å². The fourth-order valence-corrected chi connectivity index (χ4v) is 2.88. The van der Waals surface area contributed by atoms with E-state index in [0.29, 0.717) is 0 Å². The standard InChI is InChI=1S/C22H15/c1-3-13-21-17(7-1)9-5-11-19(21)15-16-20-12-6-10-18-8-2-4-14-22(18)20/h1-15H. The van der Waals surface area contributed by atoms with Gasteiger partial charge in [0.2, 0.25) is 0 Å². The van der Waals surface area contributed by atoms with Gasteiger partial charge in [0, 0.05) is 12.8 Å². The molecule has 0 atom stereocenters. The van der Waals surface area contributed by atoms with Crippen LogP contribution in [0.3, 0.4) is 0 Å². The lowest BCUT2D eigenvalue weighted by Gasteiger charge is -2.08. The first kappa shape index (κ1) is 13.1. The van der Waals surface area contributed by atoms with Crippen LogP contribution in [0.25, 0.3) is 21.5 Å². The van der Waals surface area contributed by atoms with Crippen LogP contribution in [-0.2, 0) is 0 Å². The second-order valence-electron chi connectivity index (χ2n) is 5.38. The van der Waals surface area contributed by atoms with Crippen LogP contribution in [0.1, 0.15) is 11.1 Å². The van der Waals surface area contributed by atoms with Crippen molar-refractivity contribution in [2.45, 2.75) is 0 Å². The van der Waals surface area contributed by atoms with Gasteiger partial charge in [0.25, 0.3) is 0 Å². The van der Waals surface area contributed by atoms with Crippen LogP contribution in [0.15, 0.2) is 84.9 Å². The van der Waals surface area contributed by atoms with Crippen molar-refractivity contribution in [3.05, 3.63) is 109 Å². The number of rotatable bonds is 3. The number of benzene rings is 4. The Morgan fingerprint density at radius 1 is 0.545 bits per heavy atom. The first-order chi connectivity index (χ1) is 10.9. The summed E-state index contributed by atoms with van der Waals surface area (Å²) >= 11 is 0. The average Bonchev–Trinajstić information content (AvgIpc) is 2.60. The van der Waals surface area contributed by atoms with Gasteiger partial charge in [0.15, 0.2) is 0 Å². The first-order valence-corrected chi connectivity index (χ1v) is 7.47. The highest BCUT2D eigenvalue weighted by Crippen LogP contribution is 2.25. The summed E-state index contributed by atoms with van der Waals surface area (Å²) in [5.41, 5.74) is 2.33. The third-order valence-electron chi connectivity index (χ3n) is 4.00. The summed E-state index contributed by atoms with van der Waals surface area (Å²) in [6.45, 7) is 0. The molecular formula is C22H15. The summed E-state index contributed by atoms with van der Waals surface area (Å²) < 4.78 is 0. The van der Waals surface area contributed by atoms with Crippen LogP contribution < -0.4 is 0 Å². The molecule has 0 amide bonds. The summed E-state index contributed by atoms with van der Waals surface area (Å²) in [4.78, 5) is 0. The van der Waals surface area contributed by atoms with E-state index in [1.807, 2.05) is 0 Å². The summed E-state index contributed by atoms with van der Waals surface area (Å²) in [5, 5.41) is 5.01. The molecule has 0 saturated heterocycles. The minimum atomic E-state index is 1.13. The Morgan fingerprint density at radius 3 is 1.95 bits per heavy atom. The summed E-state index contributed by atoms with van der Waals surface area (Å²) in [6, 6.07) is 29.6. The van der Waals surface area contributed by atoms with Gasteiger partial charge < -0.3 is 0 Å². The van der Waals surface area contributed by atoms with Gasteiger partial charge in [-0.05, 0) is 32.7 Å². The van der Waals surface area contributed by atoms with E-state index in [4.69, 9.17) is 0 Å². The third-order valence-corrected chi connectivity index (χ3v) is 4.00. The van der Waals surface area contributed by atoms with Crippen LogP contribution in [0, 0.1) is 12.8 Å². The lowest BCUT2D eigenvalue weighted by molar-refractivity contribution is 1.44. The van der Waals surface area contributed by atoms with E-state index in [2.05, 4.69) is 97.8 Å². The lowest BCUT2D eigenvalue weighted by Crippen LogP contribution is -1.89. The highest BCUT2D eigenvalue weighted by molar-refractivity contribution is 5.89. The molecule has 22 heavy (non-hydrogen) atoms. The maximum Gasteiger partial charge on any atom is 0.0258 e. The molecule has 0 nitrogen and oxygen atoms in total. The van der Waals surface area contributed by atoms with Crippen LogP contribution >= 0.6 is 0 Å². The molecule has 0 heteroatoms. The zero-order chi connectivity index (χ0) is 14.8. The van der Waals surface area contributed by atoms with Crippen LogP contribution in [-0.4, -0.2) is 0 Å². The van der Waals surface area contributed by atoms with Gasteiger partial charge in [0.05, 0.1) is 0 Å². The maximum absolute atomic E-state index is 3.47. The number of hydrogen-bond acceptors (Lipinski definition) is 0. The van der Waals surface area contributed by atoms with Crippen LogP contribution in [0.5, 0.6) is 0 Å². The normalized spacial score (nSPS) is 11.1. The Balaban J connectivity index is 1.69. The fraction of sp³-hybridized carbons (Fsp3) is 0. The Labute approximate surface area is 131 Å². The van der Waals surface area contributed by atoms with Crippen molar-refractivity contribution in [3.63, 3.8) is 0 Å². The molecule has 0 N–H and O–H groups in total. The minimum Gasteiger partial charge on any atom is -0.0616 e. The molecule has 4 aromatic rings. The molecule has 0 aromatic heterocycles. The van der Waals surface area contributed by atoms with Crippen molar-refractivity contribution in [3.8, 4) is 0 Å². The van der Waals surface area contributed by atoms with Crippen LogP contribution in [0.2, 0.25) is 0 Å². The monoisotopic (exact) mass is 279 g/mol. The molecule has 0 aliphatic heterocycles. The zero-order valence-corrected chi connectivity index (χ0v) is 12.2. The van der Waals surface area contributed by atoms with Crippen molar-refractivity contribution in [1.29, 1.82) is 0 Å². The molecule has 103 valence electrons. The van der Waals surface area contributed by atoms with Crippen molar-refractivity contribution < 1.29 is 0 Å². The van der Waals surface area contributed by atoms with Crippen LogP contribution in [0.4, 0.5) is 0 Å². The van der Waals surface area contributed by atoms with E-state index >= 15 is 0 Å². The van der Waals surface area contributed by atoms with E-state index in [9.17, 15) is 0 Å². The second-order valence-corrected chi connectivity index (χ2v) is 5.38. The topological polar surface area (TPSA) is 0 Å². The summed E-state index contributed by atoms with van der Waals surface area (Å²) in [6.07, 6.45) is 5.56. The van der Waals surface area contributed by atoms with E-state index in [1.54, 1.807) is 0 Å². The van der Waals surface area contributed by atoms with Crippen molar-refractivity contribution in [2.75, 3.05) is 0 Å². The van der Waals surface area contributed by atoms with E-state index < -0.39 is 0 Å². The minimum absolute atomic E-state index is 1.13. The van der Waals surface area contributed by atoms with Gasteiger partial charge in [0.1, 0.15) is 0 Å². The van der Waals surface area contributed by atoms with Gasteiger partial charge in [-0.2, -0.15) is 0 Å². The summed E-state index contributed by atoms with van der Waals surface area (Å²) in [7, 11) is 0. The molecule has 4 rings (SSSR count). The van der Waals surface area contributed by atoms with Gasteiger partial charge in [-0.25, -0.2) is 0 Å². The lowest BCUT2D eigenvalue weighted by atomic mass is 9.96. The highest BCUT2D eigenvalue weighted by Gasteiger charge is 2.05. The number of hydrogen-bond donors (Lipinski definition) is 0. The molecule has 0 bridgehead atoms. The summed E-state index contributed by atoms with van der Waals surface area (Å²) in [5.74, 6) is 0. The molecule has 0 aliphatic carbocycles. The molecule has 0 spiro atoms. The fourth-order valence-electron chi connectivity index (χ4n) is 2.88. The molecule has 0 saturated carbocycles. The second kappa shape index (κ2) is 5.65.